The molecular formula is C42H44Cl3N5O5. The van der Waals surface area contributed by atoms with E-state index in [-0.39, 0.29) is 67.5 Å². The number of halogens is 3. The van der Waals surface area contributed by atoms with Gasteiger partial charge in [0.15, 0.2) is 17.3 Å². The van der Waals surface area contributed by atoms with Crippen molar-refractivity contribution in [3.63, 3.8) is 0 Å². The number of rotatable bonds is 15. The first-order chi connectivity index (χ1) is 26.1. The molecule has 0 atom stereocenters. The Hall–Kier alpha value is -4.90. The number of H-pyrrole nitrogens is 1. The summed E-state index contributed by atoms with van der Waals surface area (Å²) in [5.41, 5.74) is 2.62. The average molecular weight is 805 g/mol. The summed E-state index contributed by atoms with van der Waals surface area (Å²) in [6.07, 6.45) is 1.93. The highest BCUT2D eigenvalue weighted by molar-refractivity contribution is 6.40. The van der Waals surface area contributed by atoms with Crippen LogP contribution in [-0.2, 0) is 22.0 Å². The second-order valence-electron chi connectivity index (χ2n) is 14.4. The van der Waals surface area contributed by atoms with Crippen LogP contribution < -0.4 is 20.3 Å². The summed E-state index contributed by atoms with van der Waals surface area (Å²) in [5.74, 6) is 0.505. The van der Waals surface area contributed by atoms with Crippen molar-refractivity contribution in [1.29, 1.82) is 0 Å². The second-order valence-corrected chi connectivity index (χ2v) is 15.7. The number of nitrogens with zero attached hydrogens (tertiary/aromatic N) is 3. The molecular weight excluding hydrogens is 761 g/mol. The summed E-state index contributed by atoms with van der Waals surface area (Å²) in [4.78, 5) is 40.7. The van der Waals surface area contributed by atoms with Crippen LogP contribution >= 0.6 is 34.8 Å². The molecule has 1 amide bonds. The molecule has 5 rings (SSSR count). The number of Topliss-reactive ketones (excluding diaryl/α,β-unsaturated/α-hetero) is 1. The topological polar surface area (TPSA) is 127 Å². The smallest absolute Gasteiger partial charge is 0.301 e. The number of hydrogen-bond acceptors (Lipinski definition) is 7. The van der Waals surface area contributed by atoms with Gasteiger partial charge in [0.25, 0.3) is 5.91 Å². The van der Waals surface area contributed by atoms with Gasteiger partial charge >= 0.3 is 5.56 Å². The van der Waals surface area contributed by atoms with Gasteiger partial charge in [-0.3, -0.25) is 19.5 Å². The fourth-order valence-electron chi connectivity index (χ4n) is 5.72. The van der Waals surface area contributed by atoms with E-state index >= 15 is 0 Å². The Morgan fingerprint density at radius 3 is 2.16 bits per heavy atom. The number of methoxy groups -OCH3 is 1. The number of amides is 1. The monoisotopic (exact) mass is 803 g/mol. The third-order valence-electron chi connectivity index (χ3n) is 9.88. The predicted octanol–water partition coefficient (Wildman–Crippen LogP) is 11.4. The van der Waals surface area contributed by atoms with Crippen molar-refractivity contribution in [2.24, 2.45) is 10.2 Å². The van der Waals surface area contributed by atoms with E-state index in [1.165, 1.54) is 17.7 Å². The van der Waals surface area contributed by atoms with Crippen LogP contribution in [0.1, 0.15) is 81.4 Å². The Bertz CT molecular complexity index is 2270. The van der Waals surface area contributed by atoms with Gasteiger partial charge in [0.05, 0.1) is 22.8 Å². The molecule has 4 aromatic carbocycles. The number of hydrogen-bond donors (Lipinski definition) is 2. The van der Waals surface area contributed by atoms with Gasteiger partial charge in [0.2, 0.25) is 0 Å². The second kappa shape index (κ2) is 17.3. The molecule has 288 valence electrons. The van der Waals surface area contributed by atoms with Gasteiger partial charge in [-0.15, -0.1) is 5.11 Å². The number of aromatic nitrogens is 2. The number of nitrogens with one attached hydrogen (secondary N) is 2. The molecule has 0 spiro atoms. The third kappa shape index (κ3) is 9.68. The lowest BCUT2D eigenvalue weighted by atomic mass is 9.76. The van der Waals surface area contributed by atoms with Crippen LogP contribution in [0.3, 0.4) is 0 Å². The zero-order chi connectivity index (χ0) is 40.1. The molecule has 0 unspecified atom stereocenters. The number of aromatic amines is 1. The highest BCUT2D eigenvalue weighted by atomic mass is 35.5. The molecule has 5 aromatic rings. The number of ether oxygens (including phenoxy) is 2. The molecule has 0 bridgehead atoms. The van der Waals surface area contributed by atoms with Crippen molar-refractivity contribution in [1.82, 2.24) is 9.78 Å². The highest BCUT2D eigenvalue weighted by Crippen LogP contribution is 2.39. The molecule has 0 saturated heterocycles. The molecule has 55 heavy (non-hydrogen) atoms. The van der Waals surface area contributed by atoms with Crippen LogP contribution in [0, 0.1) is 0 Å². The van der Waals surface area contributed by atoms with E-state index in [2.05, 4.69) is 74.3 Å². The summed E-state index contributed by atoms with van der Waals surface area (Å²) in [6, 6.07) is 22.5. The molecule has 0 aliphatic rings. The Kier molecular flexibility index (Phi) is 13.0. The summed E-state index contributed by atoms with van der Waals surface area (Å²) in [7, 11) is 1.54. The lowest BCUT2D eigenvalue weighted by molar-refractivity contribution is -0.120. The van der Waals surface area contributed by atoms with E-state index in [1.54, 1.807) is 55.6 Å². The highest BCUT2D eigenvalue weighted by Gasteiger charge is 2.27. The molecule has 1 aromatic heterocycles. The zero-order valence-corrected chi connectivity index (χ0v) is 34.1. The maximum absolute atomic E-state index is 13.7. The minimum absolute atomic E-state index is 0.00453. The average Bonchev–Trinajstić information content (AvgIpc) is 3.45. The molecule has 0 radical (unpaired) electrons. The minimum Gasteiger partial charge on any atom is -0.497 e. The molecule has 0 aliphatic heterocycles. The summed E-state index contributed by atoms with van der Waals surface area (Å²) < 4.78 is 12.4. The fraction of sp³-hybridized carbons (Fsp3) is 0.310. The first kappa shape index (κ1) is 41.3. The van der Waals surface area contributed by atoms with Crippen molar-refractivity contribution >= 4 is 63.7 Å². The van der Waals surface area contributed by atoms with Gasteiger partial charge in [-0.05, 0) is 89.4 Å². The van der Waals surface area contributed by atoms with Crippen molar-refractivity contribution in [3.8, 4) is 17.2 Å². The minimum atomic E-state index is -0.688. The molecule has 2 N–H and O–H groups in total. The number of benzene rings is 4. The number of anilines is 1. The molecule has 0 aliphatic carbocycles. The van der Waals surface area contributed by atoms with Crippen molar-refractivity contribution in [2.45, 2.75) is 71.6 Å². The van der Waals surface area contributed by atoms with Gasteiger partial charge in [-0.1, -0.05) is 101 Å². The van der Waals surface area contributed by atoms with E-state index in [0.29, 0.717) is 22.7 Å². The van der Waals surface area contributed by atoms with Crippen LogP contribution in [0.4, 0.5) is 17.2 Å². The maximum atomic E-state index is 13.7. The van der Waals surface area contributed by atoms with Crippen LogP contribution in [0.2, 0.25) is 15.1 Å². The van der Waals surface area contributed by atoms with E-state index in [9.17, 15) is 14.4 Å². The summed E-state index contributed by atoms with van der Waals surface area (Å²) in [5, 5.41) is 14.4. The van der Waals surface area contributed by atoms with E-state index in [0.717, 1.165) is 23.1 Å². The van der Waals surface area contributed by atoms with E-state index in [1.807, 2.05) is 6.07 Å². The van der Waals surface area contributed by atoms with Crippen molar-refractivity contribution in [3.05, 3.63) is 127 Å². The van der Waals surface area contributed by atoms with Gasteiger partial charge in [-0.25, -0.2) is 4.68 Å². The Morgan fingerprint density at radius 2 is 1.53 bits per heavy atom. The summed E-state index contributed by atoms with van der Waals surface area (Å²) >= 11 is 19.0. The van der Waals surface area contributed by atoms with E-state index < -0.39 is 11.5 Å². The standard InChI is InChI=1S/C42H44Cl3N5O5/c1-8-41(3,4)27-13-18-35(32(21-27)42(5,6)9-2)55-24-30(51)20-25-11-10-12-26(19-25)39(52)46-38-36(48-47-29-14-16-31(54-7)17-15-29)40(53)50(49-38)37-33(44)22-28(43)23-34(37)45/h10-19,21-23,49H,8-9,20,24H2,1-7H3,(H,46,52). The zero-order valence-electron chi connectivity index (χ0n) is 31.9. The van der Waals surface area contributed by atoms with E-state index in [4.69, 9.17) is 44.3 Å². The molecule has 10 nitrogen and oxygen atoms in total. The predicted molar refractivity (Wildman–Crippen MR) is 220 cm³/mol. The van der Waals surface area contributed by atoms with Gasteiger partial charge in [-0.2, -0.15) is 5.11 Å². The Morgan fingerprint density at radius 1 is 0.855 bits per heavy atom. The van der Waals surface area contributed by atoms with Crippen LogP contribution in [0.5, 0.6) is 11.5 Å². The first-order valence-corrected chi connectivity index (χ1v) is 19.0. The SMILES string of the molecule is CCC(C)(C)c1ccc(OCC(=O)Cc2cccc(C(=O)Nc3[nH]n(-c4c(Cl)cc(Cl)cc4Cl)c(=O)c3N=Nc3ccc(OC)cc3)c2)c(C(C)(C)CC)c1. The lowest BCUT2D eigenvalue weighted by Crippen LogP contribution is -2.22. The normalized spacial score (nSPS) is 11.9. The number of carbonyl (C=O) groups excluding carboxylic acids is 2. The van der Waals surface area contributed by atoms with Crippen molar-refractivity contribution < 1.29 is 19.1 Å². The van der Waals surface area contributed by atoms with Gasteiger partial charge in [0.1, 0.15) is 23.8 Å². The quantitative estimate of drug-likeness (QED) is 0.102. The van der Waals surface area contributed by atoms with Crippen LogP contribution in [-0.4, -0.2) is 35.2 Å². The Labute approximate surface area is 335 Å². The lowest BCUT2D eigenvalue weighted by Gasteiger charge is -2.30. The number of ketones is 1. The molecule has 13 heteroatoms. The van der Waals surface area contributed by atoms with Gasteiger partial charge < -0.3 is 14.8 Å². The van der Waals surface area contributed by atoms with Crippen molar-refractivity contribution in [2.75, 3.05) is 19.0 Å². The molecule has 0 saturated carbocycles. The molecule has 1 heterocycles. The number of carbonyl (C=O) groups is 2. The van der Waals surface area contributed by atoms with Gasteiger partial charge in [0, 0.05) is 22.6 Å². The van der Waals surface area contributed by atoms with Crippen LogP contribution in [0.15, 0.2) is 93.9 Å². The summed E-state index contributed by atoms with van der Waals surface area (Å²) in [6.45, 7) is 13.0. The third-order valence-corrected chi connectivity index (χ3v) is 10.7. The fourth-order valence-corrected chi connectivity index (χ4v) is 6.70. The number of azo groups is 1. The molecule has 0 fully saturated rings. The first-order valence-electron chi connectivity index (χ1n) is 17.8. The van der Waals surface area contributed by atoms with Crippen LogP contribution in [0.25, 0.3) is 5.69 Å². The largest absolute Gasteiger partial charge is 0.497 e. The Balaban J connectivity index is 1.37. The maximum Gasteiger partial charge on any atom is 0.301 e.